The highest BCUT2D eigenvalue weighted by Crippen LogP contribution is 2.22. The summed E-state index contributed by atoms with van der Waals surface area (Å²) in [5, 5.41) is 1.95. The van der Waals surface area contributed by atoms with Gasteiger partial charge in [0, 0.05) is 23.4 Å². The van der Waals surface area contributed by atoms with E-state index in [1.165, 1.54) is 31.5 Å². The smallest absolute Gasteiger partial charge is 0.0406 e. The average molecular weight is 303 g/mol. The Morgan fingerprint density at radius 2 is 2.06 bits per heavy atom. The first kappa shape index (κ1) is 12.4. The summed E-state index contributed by atoms with van der Waals surface area (Å²) in [7, 11) is 0. The average Bonchev–Trinajstić information content (AvgIpc) is 2.70. The standard InChI is InChI=1S/C13H17BrClN/c14-7-5-12-6-8-16(10-12)9-11-1-3-13(15)4-2-11/h1-4,12H,5-10H2. The third-order valence-electron chi connectivity index (χ3n) is 3.21. The van der Waals surface area contributed by atoms with Crippen molar-refractivity contribution in [1.29, 1.82) is 0 Å². The van der Waals surface area contributed by atoms with Crippen LogP contribution >= 0.6 is 27.5 Å². The molecule has 1 aromatic carbocycles. The number of hydrogen-bond acceptors (Lipinski definition) is 1. The van der Waals surface area contributed by atoms with E-state index in [9.17, 15) is 0 Å². The molecule has 1 aliphatic rings. The molecule has 0 aromatic heterocycles. The molecule has 3 heteroatoms. The third kappa shape index (κ3) is 3.47. The molecule has 0 spiro atoms. The van der Waals surface area contributed by atoms with Crippen molar-refractivity contribution in [3.8, 4) is 0 Å². The predicted octanol–water partition coefficient (Wildman–Crippen LogP) is 3.95. The van der Waals surface area contributed by atoms with Gasteiger partial charge < -0.3 is 0 Å². The molecule has 1 heterocycles. The second kappa shape index (κ2) is 6.04. The van der Waals surface area contributed by atoms with Crippen LogP contribution in [-0.4, -0.2) is 23.3 Å². The molecule has 16 heavy (non-hydrogen) atoms. The van der Waals surface area contributed by atoms with Gasteiger partial charge in [0.1, 0.15) is 0 Å². The van der Waals surface area contributed by atoms with E-state index >= 15 is 0 Å². The summed E-state index contributed by atoms with van der Waals surface area (Å²) in [5.74, 6) is 0.881. The van der Waals surface area contributed by atoms with Crippen LogP contribution in [0.4, 0.5) is 0 Å². The summed E-state index contributed by atoms with van der Waals surface area (Å²) in [4.78, 5) is 2.54. The lowest BCUT2D eigenvalue weighted by Gasteiger charge is -2.15. The highest BCUT2D eigenvalue weighted by molar-refractivity contribution is 9.09. The van der Waals surface area contributed by atoms with Crippen molar-refractivity contribution in [1.82, 2.24) is 4.90 Å². The van der Waals surface area contributed by atoms with Crippen molar-refractivity contribution in [3.63, 3.8) is 0 Å². The van der Waals surface area contributed by atoms with E-state index in [0.717, 1.165) is 22.8 Å². The number of benzene rings is 1. The quantitative estimate of drug-likeness (QED) is 0.761. The molecular weight excluding hydrogens is 286 g/mol. The molecular formula is C13H17BrClN. The van der Waals surface area contributed by atoms with Crippen LogP contribution in [0.5, 0.6) is 0 Å². The van der Waals surface area contributed by atoms with Crippen LogP contribution in [-0.2, 0) is 6.54 Å². The Balaban J connectivity index is 1.84. The number of likely N-dealkylation sites (tertiary alicyclic amines) is 1. The Hall–Kier alpha value is -0.0500. The molecule has 0 N–H and O–H groups in total. The number of rotatable bonds is 4. The van der Waals surface area contributed by atoms with E-state index in [1.54, 1.807) is 0 Å². The molecule has 1 aromatic rings. The van der Waals surface area contributed by atoms with Crippen LogP contribution < -0.4 is 0 Å². The zero-order valence-corrected chi connectivity index (χ0v) is 11.7. The van der Waals surface area contributed by atoms with E-state index < -0.39 is 0 Å². The summed E-state index contributed by atoms with van der Waals surface area (Å²) in [6, 6.07) is 8.20. The van der Waals surface area contributed by atoms with E-state index in [2.05, 4.69) is 33.0 Å². The fourth-order valence-corrected chi connectivity index (χ4v) is 3.07. The Bertz CT molecular complexity index is 325. The van der Waals surface area contributed by atoms with Crippen molar-refractivity contribution in [3.05, 3.63) is 34.9 Å². The van der Waals surface area contributed by atoms with Gasteiger partial charge in [0.05, 0.1) is 0 Å². The molecule has 1 aliphatic heterocycles. The fourth-order valence-electron chi connectivity index (χ4n) is 2.29. The Kier molecular flexibility index (Phi) is 4.68. The van der Waals surface area contributed by atoms with E-state index in [-0.39, 0.29) is 0 Å². The van der Waals surface area contributed by atoms with Crippen LogP contribution in [0.2, 0.25) is 5.02 Å². The molecule has 1 saturated heterocycles. The molecule has 1 nitrogen and oxygen atoms in total. The second-order valence-corrected chi connectivity index (χ2v) is 5.72. The Labute approximate surface area is 111 Å². The summed E-state index contributed by atoms with van der Waals surface area (Å²) in [6.07, 6.45) is 2.65. The zero-order chi connectivity index (χ0) is 11.4. The third-order valence-corrected chi connectivity index (χ3v) is 3.92. The Morgan fingerprint density at radius 1 is 1.31 bits per heavy atom. The fraction of sp³-hybridized carbons (Fsp3) is 0.538. The van der Waals surface area contributed by atoms with Gasteiger partial charge >= 0.3 is 0 Å². The van der Waals surface area contributed by atoms with Crippen molar-refractivity contribution in [2.75, 3.05) is 18.4 Å². The highest BCUT2D eigenvalue weighted by Gasteiger charge is 2.21. The van der Waals surface area contributed by atoms with Gasteiger partial charge in [0.15, 0.2) is 0 Å². The second-order valence-electron chi connectivity index (χ2n) is 4.49. The summed E-state index contributed by atoms with van der Waals surface area (Å²) in [6.45, 7) is 3.55. The molecule has 0 radical (unpaired) electrons. The lowest BCUT2D eigenvalue weighted by atomic mass is 10.1. The lowest BCUT2D eigenvalue weighted by molar-refractivity contribution is 0.315. The molecule has 0 aliphatic carbocycles. The summed E-state index contributed by atoms with van der Waals surface area (Å²) >= 11 is 9.39. The summed E-state index contributed by atoms with van der Waals surface area (Å²) in [5.41, 5.74) is 1.36. The molecule has 0 bridgehead atoms. The number of hydrogen-bond donors (Lipinski definition) is 0. The predicted molar refractivity (Wildman–Crippen MR) is 73.2 cm³/mol. The molecule has 1 fully saturated rings. The van der Waals surface area contributed by atoms with Crippen LogP contribution in [0.3, 0.4) is 0 Å². The van der Waals surface area contributed by atoms with Crippen LogP contribution in [0.25, 0.3) is 0 Å². The van der Waals surface area contributed by atoms with E-state index in [1.807, 2.05) is 12.1 Å². The molecule has 2 rings (SSSR count). The number of halogens is 2. The van der Waals surface area contributed by atoms with Crippen molar-refractivity contribution < 1.29 is 0 Å². The first-order valence-corrected chi connectivity index (χ1v) is 7.30. The molecule has 1 unspecified atom stereocenters. The monoisotopic (exact) mass is 301 g/mol. The van der Waals surface area contributed by atoms with Gasteiger partial charge in [0.25, 0.3) is 0 Å². The Morgan fingerprint density at radius 3 is 2.75 bits per heavy atom. The van der Waals surface area contributed by atoms with Gasteiger partial charge in [-0.15, -0.1) is 0 Å². The van der Waals surface area contributed by atoms with Gasteiger partial charge in [-0.3, -0.25) is 4.90 Å². The minimum Gasteiger partial charge on any atom is -0.299 e. The maximum absolute atomic E-state index is 5.87. The minimum atomic E-state index is 0.822. The zero-order valence-electron chi connectivity index (χ0n) is 9.33. The molecule has 1 atom stereocenters. The highest BCUT2D eigenvalue weighted by atomic mass is 79.9. The van der Waals surface area contributed by atoms with Gasteiger partial charge in [0.2, 0.25) is 0 Å². The van der Waals surface area contributed by atoms with E-state index in [4.69, 9.17) is 11.6 Å². The topological polar surface area (TPSA) is 3.24 Å². The van der Waals surface area contributed by atoms with Crippen molar-refractivity contribution >= 4 is 27.5 Å². The van der Waals surface area contributed by atoms with Gasteiger partial charge in [-0.1, -0.05) is 39.7 Å². The van der Waals surface area contributed by atoms with Crippen molar-refractivity contribution in [2.24, 2.45) is 5.92 Å². The SMILES string of the molecule is Clc1ccc(CN2CCC(CCBr)C2)cc1. The van der Waals surface area contributed by atoms with Crippen LogP contribution in [0.15, 0.2) is 24.3 Å². The van der Waals surface area contributed by atoms with E-state index in [0.29, 0.717) is 0 Å². The van der Waals surface area contributed by atoms with Crippen molar-refractivity contribution in [2.45, 2.75) is 19.4 Å². The first-order chi connectivity index (χ1) is 7.78. The molecule has 0 saturated carbocycles. The van der Waals surface area contributed by atoms with Gasteiger partial charge in [-0.25, -0.2) is 0 Å². The normalized spacial score (nSPS) is 21.5. The van der Waals surface area contributed by atoms with Gasteiger partial charge in [-0.05, 0) is 43.0 Å². The minimum absolute atomic E-state index is 0.822. The lowest BCUT2D eigenvalue weighted by Crippen LogP contribution is -2.20. The maximum Gasteiger partial charge on any atom is 0.0406 e. The van der Waals surface area contributed by atoms with Crippen LogP contribution in [0, 0.1) is 5.92 Å². The molecule has 0 amide bonds. The first-order valence-electron chi connectivity index (χ1n) is 5.80. The number of alkyl halides is 1. The summed E-state index contributed by atoms with van der Waals surface area (Å²) < 4.78 is 0. The number of nitrogens with zero attached hydrogens (tertiary/aromatic N) is 1. The maximum atomic E-state index is 5.87. The largest absolute Gasteiger partial charge is 0.299 e. The van der Waals surface area contributed by atoms with Crippen LogP contribution in [0.1, 0.15) is 18.4 Å². The molecule has 88 valence electrons. The van der Waals surface area contributed by atoms with Gasteiger partial charge in [-0.2, -0.15) is 0 Å².